The van der Waals surface area contributed by atoms with Gasteiger partial charge in [-0.3, -0.25) is 4.79 Å². The molecule has 1 heterocycles. The van der Waals surface area contributed by atoms with Crippen molar-refractivity contribution in [2.45, 2.75) is 38.1 Å². The van der Waals surface area contributed by atoms with Crippen molar-refractivity contribution in [2.24, 2.45) is 0 Å². The molecule has 5 nitrogen and oxygen atoms in total. The van der Waals surface area contributed by atoms with Crippen LogP contribution in [0.25, 0.3) is 0 Å². The summed E-state index contributed by atoms with van der Waals surface area (Å²) >= 11 is 0. The Hall–Kier alpha value is -2.04. The summed E-state index contributed by atoms with van der Waals surface area (Å²) < 4.78 is 5.45. The summed E-state index contributed by atoms with van der Waals surface area (Å²) in [5.41, 5.74) is -1.05. The number of hydrogen-bond donors (Lipinski definition) is 1. The number of hydrogen-bond acceptors (Lipinski definition) is 3. The van der Waals surface area contributed by atoms with E-state index in [9.17, 15) is 14.7 Å². The molecule has 21 heavy (non-hydrogen) atoms. The van der Waals surface area contributed by atoms with Gasteiger partial charge in [-0.15, -0.1) is 0 Å². The first kappa shape index (κ1) is 15.4. The lowest BCUT2D eigenvalue weighted by atomic mass is 9.90. The number of aliphatic carboxylic acids is 1. The topological polar surface area (TPSA) is 66.8 Å². The van der Waals surface area contributed by atoms with Gasteiger partial charge in [0.2, 0.25) is 0 Å². The van der Waals surface area contributed by atoms with E-state index in [2.05, 4.69) is 0 Å². The number of benzene rings is 1. The van der Waals surface area contributed by atoms with E-state index >= 15 is 0 Å². The van der Waals surface area contributed by atoms with Crippen molar-refractivity contribution in [1.82, 2.24) is 4.90 Å². The minimum atomic E-state index is -1.05. The highest BCUT2D eigenvalue weighted by atomic mass is 16.5. The fourth-order valence-corrected chi connectivity index (χ4v) is 2.98. The molecule has 0 bridgehead atoms. The highest BCUT2D eigenvalue weighted by Crippen LogP contribution is 2.34. The number of carboxylic acids is 1. The minimum absolute atomic E-state index is 0.122. The summed E-state index contributed by atoms with van der Waals surface area (Å²) in [4.78, 5) is 25.5. The van der Waals surface area contributed by atoms with Gasteiger partial charge < -0.3 is 14.7 Å². The third kappa shape index (κ3) is 3.17. The molecule has 1 aromatic rings. The molecule has 0 saturated carbocycles. The Kier molecular flexibility index (Phi) is 4.83. The number of nitrogens with zero attached hydrogens (tertiary/aromatic N) is 1. The number of carboxylic acid groups (broad SMARTS) is 1. The lowest BCUT2D eigenvalue weighted by Gasteiger charge is -2.34. The van der Waals surface area contributed by atoms with Crippen molar-refractivity contribution in [2.75, 3.05) is 13.2 Å². The summed E-state index contributed by atoms with van der Waals surface area (Å²) in [7, 11) is 0. The zero-order chi connectivity index (χ0) is 15.3. The standard InChI is InChI=1S/C16H21NO4/c1-2-9-16(15(19)20)10-6-11-17(16)14(18)12-21-13-7-4-3-5-8-13/h3-5,7-8H,2,6,9-12H2,1H3,(H,19,20). The summed E-state index contributed by atoms with van der Waals surface area (Å²) in [6.07, 6.45) is 2.46. The van der Waals surface area contributed by atoms with E-state index in [1.807, 2.05) is 25.1 Å². The van der Waals surface area contributed by atoms with E-state index in [-0.39, 0.29) is 12.5 Å². The molecule has 0 spiro atoms. The predicted molar refractivity (Wildman–Crippen MR) is 78.2 cm³/mol. The molecule has 1 aliphatic rings. The molecule has 1 N–H and O–H groups in total. The smallest absolute Gasteiger partial charge is 0.329 e. The number of ether oxygens (including phenoxy) is 1. The molecule has 0 radical (unpaired) electrons. The highest BCUT2D eigenvalue weighted by molar-refractivity contribution is 5.88. The van der Waals surface area contributed by atoms with Crippen molar-refractivity contribution in [3.63, 3.8) is 0 Å². The average molecular weight is 291 g/mol. The van der Waals surface area contributed by atoms with Gasteiger partial charge in [-0.1, -0.05) is 31.5 Å². The molecule has 1 saturated heterocycles. The van der Waals surface area contributed by atoms with Crippen LogP contribution in [-0.4, -0.2) is 40.6 Å². The summed E-state index contributed by atoms with van der Waals surface area (Å²) in [5, 5.41) is 9.56. The van der Waals surface area contributed by atoms with Crippen LogP contribution in [-0.2, 0) is 9.59 Å². The second-order valence-corrected chi connectivity index (χ2v) is 5.34. The Morgan fingerprint density at radius 1 is 1.33 bits per heavy atom. The van der Waals surface area contributed by atoms with Crippen molar-refractivity contribution >= 4 is 11.9 Å². The van der Waals surface area contributed by atoms with E-state index in [4.69, 9.17) is 4.74 Å². The largest absolute Gasteiger partial charge is 0.484 e. The van der Waals surface area contributed by atoms with Crippen molar-refractivity contribution in [1.29, 1.82) is 0 Å². The van der Waals surface area contributed by atoms with Crippen LogP contribution >= 0.6 is 0 Å². The Balaban J connectivity index is 2.05. The molecule has 1 amide bonds. The number of carbonyl (C=O) groups is 2. The molecule has 1 aromatic carbocycles. The number of amides is 1. The normalized spacial score (nSPS) is 21.3. The first-order valence-corrected chi connectivity index (χ1v) is 7.32. The van der Waals surface area contributed by atoms with Crippen molar-refractivity contribution in [3.8, 4) is 5.75 Å². The maximum atomic E-state index is 12.4. The van der Waals surface area contributed by atoms with Gasteiger partial charge in [0.25, 0.3) is 5.91 Å². The molecule has 1 aliphatic heterocycles. The van der Waals surface area contributed by atoms with Gasteiger partial charge in [-0.05, 0) is 31.4 Å². The molecule has 2 rings (SSSR count). The van der Waals surface area contributed by atoms with Crippen molar-refractivity contribution < 1.29 is 19.4 Å². The average Bonchev–Trinajstić information content (AvgIpc) is 2.91. The second kappa shape index (κ2) is 6.61. The lowest BCUT2D eigenvalue weighted by Crippen LogP contribution is -2.54. The monoisotopic (exact) mass is 291 g/mol. The van der Waals surface area contributed by atoms with Gasteiger partial charge in [0.15, 0.2) is 6.61 Å². The summed E-state index contributed by atoms with van der Waals surface area (Å²) in [6, 6.07) is 9.07. The first-order valence-electron chi connectivity index (χ1n) is 7.32. The Labute approximate surface area is 124 Å². The number of rotatable bonds is 6. The maximum absolute atomic E-state index is 12.4. The summed E-state index contributed by atoms with van der Waals surface area (Å²) in [6.45, 7) is 2.30. The van der Waals surface area contributed by atoms with Crippen LogP contribution in [0.1, 0.15) is 32.6 Å². The van der Waals surface area contributed by atoms with E-state index < -0.39 is 11.5 Å². The third-order valence-electron chi connectivity index (χ3n) is 3.96. The van der Waals surface area contributed by atoms with Crippen molar-refractivity contribution in [3.05, 3.63) is 30.3 Å². The molecular weight excluding hydrogens is 270 g/mol. The molecule has 1 atom stereocenters. The van der Waals surface area contributed by atoms with E-state index in [1.54, 1.807) is 12.1 Å². The van der Waals surface area contributed by atoms with Gasteiger partial charge in [-0.2, -0.15) is 0 Å². The quantitative estimate of drug-likeness (QED) is 0.873. The van der Waals surface area contributed by atoms with Gasteiger partial charge in [0.05, 0.1) is 0 Å². The maximum Gasteiger partial charge on any atom is 0.329 e. The zero-order valence-corrected chi connectivity index (χ0v) is 12.2. The SMILES string of the molecule is CCCC1(C(=O)O)CCCN1C(=O)COc1ccccc1. The van der Waals surface area contributed by atoms with Gasteiger partial charge in [0.1, 0.15) is 11.3 Å². The van der Waals surface area contributed by atoms with Gasteiger partial charge in [0, 0.05) is 6.54 Å². The van der Waals surface area contributed by atoms with E-state index in [1.165, 1.54) is 4.90 Å². The van der Waals surface area contributed by atoms with Crippen LogP contribution in [0.3, 0.4) is 0 Å². The number of para-hydroxylation sites is 1. The molecular formula is C16H21NO4. The first-order chi connectivity index (χ1) is 10.1. The third-order valence-corrected chi connectivity index (χ3v) is 3.96. The van der Waals surface area contributed by atoms with Gasteiger partial charge >= 0.3 is 5.97 Å². The fourth-order valence-electron chi connectivity index (χ4n) is 2.98. The zero-order valence-electron chi connectivity index (χ0n) is 12.2. The second-order valence-electron chi connectivity index (χ2n) is 5.34. The number of carbonyl (C=O) groups excluding carboxylic acids is 1. The molecule has 114 valence electrons. The molecule has 1 unspecified atom stereocenters. The predicted octanol–water partition coefficient (Wildman–Crippen LogP) is 2.31. The van der Waals surface area contributed by atoms with Crippen LogP contribution in [0.4, 0.5) is 0 Å². The molecule has 5 heteroatoms. The lowest BCUT2D eigenvalue weighted by molar-refractivity contribution is -0.157. The Morgan fingerprint density at radius 2 is 2.05 bits per heavy atom. The fraction of sp³-hybridized carbons (Fsp3) is 0.500. The number of likely N-dealkylation sites (tertiary alicyclic amines) is 1. The minimum Gasteiger partial charge on any atom is -0.484 e. The Bertz CT molecular complexity index is 502. The van der Waals surface area contributed by atoms with Crippen LogP contribution < -0.4 is 4.74 Å². The van der Waals surface area contributed by atoms with E-state index in [0.29, 0.717) is 25.1 Å². The van der Waals surface area contributed by atoms with Crippen LogP contribution in [0, 0.1) is 0 Å². The van der Waals surface area contributed by atoms with Crippen LogP contribution in [0.2, 0.25) is 0 Å². The molecule has 1 fully saturated rings. The van der Waals surface area contributed by atoms with Crippen LogP contribution in [0.5, 0.6) is 5.75 Å². The molecule has 0 aromatic heterocycles. The van der Waals surface area contributed by atoms with E-state index in [0.717, 1.165) is 12.8 Å². The van der Waals surface area contributed by atoms with Gasteiger partial charge in [-0.25, -0.2) is 4.79 Å². The highest BCUT2D eigenvalue weighted by Gasteiger charge is 2.49. The van der Waals surface area contributed by atoms with Crippen LogP contribution in [0.15, 0.2) is 30.3 Å². The Morgan fingerprint density at radius 3 is 2.67 bits per heavy atom. The summed E-state index contributed by atoms with van der Waals surface area (Å²) in [5.74, 6) is -0.552. The molecule has 0 aliphatic carbocycles.